The summed E-state index contributed by atoms with van der Waals surface area (Å²) in [5, 5.41) is 3.19. The molecule has 0 saturated carbocycles. The van der Waals surface area contributed by atoms with E-state index < -0.39 is 0 Å². The molecule has 26 heavy (non-hydrogen) atoms. The van der Waals surface area contributed by atoms with Gasteiger partial charge in [0, 0.05) is 5.75 Å². The van der Waals surface area contributed by atoms with Gasteiger partial charge < -0.3 is 5.32 Å². The summed E-state index contributed by atoms with van der Waals surface area (Å²) in [6.07, 6.45) is 0. The summed E-state index contributed by atoms with van der Waals surface area (Å²) in [7, 11) is 0. The molecule has 0 radical (unpaired) electrons. The summed E-state index contributed by atoms with van der Waals surface area (Å²) >= 11 is 1.65. The highest BCUT2D eigenvalue weighted by Crippen LogP contribution is 2.22. The van der Waals surface area contributed by atoms with E-state index >= 15 is 0 Å². The lowest BCUT2D eigenvalue weighted by Gasteiger charge is -2.20. The van der Waals surface area contributed by atoms with Crippen LogP contribution in [0.3, 0.4) is 0 Å². The van der Waals surface area contributed by atoms with E-state index in [2.05, 4.69) is 48.6 Å². The Morgan fingerprint density at radius 3 is 1.96 bits per heavy atom. The van der Waals surface area contributed by atoms with Crippen LogP contribution < -0.4 is 5.32 Å². The van der Waals surface area contributed by atoms with Crippen LogP contribution in [0.1, 0.15) is 28.3 Å². The lowest BCUT2D eigenvalue weighted by atomic mass is 9.99. The minimum Gasteiger partial charge on any atom is -0.344 e. The van der Waals surface area contributed by atoms with Gasteiger partial charge in [-0.2, -0.15) is 0 Å². The maximum absolute atomic E-state index is 12.5. The molecule has 0 unspecified atom stereocenters. The summed E-state index contributed by atoms with van der Waals surface area (Å²) in [6.45, 7) is 2.11. The monoisotopic (exact) mass is 361 g/mol. The molecule has 3 heteroatoms. The Balaban J connectivity index is 1.63. The fourth-order valence-electron chi connectivity index (χ4n) is 2.88. The molecule has 0 aliphatic rings. The topological polar surface area (TPSA) is 29.1 Å². The van der Waals surface area contributed by atoms with Gasteiger partial charge in [0.2, 0.25) is 5.91 Å². The number of carbonyl (C=O) groups excluding carboxylic acids is 1. The molecule has 0 aliphatic heterocycles. The fourth-order valence-corrected chi connectivity index (χ4v) is 3.79. The van der Waals surface area contributed by atoms with Crippen LogP contribution in [0.25, 0.3) is 0 Å². The highest BCUT2D eigenvalue weighted by Gasteiger charge is 2.16. The van der Waals surface area contributed by atoms with E-state index in [1.165, 1.54) is 11.1 Å². The number of amides is 1. The van der Waals surface area contributed by atoms with Crippen molar-refractivity contribution in [3.05, 3.63) is 107 Å². The van der Waals surface area contributed by atoms with Gasteiger partial charge in [-0.1, -0.05) is 84.9 Å². The van der Waals surface area contributed by atoms with E-state index in [1.54, 1.807) is 11.8 Å². The molecule has 0 atom stereocenters. The minimum atomic E-state index is -0.121. The molecule has 0 fully saturated rings. The number of carbonyl (C=O) groups is 1. The zero-order valence-corrected chi connectivity index (χ0v) is 15.7. The van der Waals surface area contributed by atoms with E-state index in [9.17, 15) is 4.79 Å². The summed E-state index contributed by atoms with van der Waals surface area (Å²) in [4.78, 5) is 12.5. The third-order valence-corrected chi connectivity index (χ3v) is 5.30. The molecule has 2 nitrogen and oxygen atoms in total. The zero-order valence-electron chi connectivity index (χ0n) is 14.9. The largest absolute Gasteiger partial charge is 0.344 e. The smallest absolute Gasteiger partial charge is 0.230 e. The molecule has 1 amide bonds. The van der Waals surface area contributed by atoms with Gasteiger partial charge in [-0.3, -0.25) is 4.79 Å². The average molecular weight is 362 g/mol. The molecule has 0 aliphatic carbocycles. The van der Waals surface area contributed by atoms with E-state index in [0.717, 1.165) is 16.9 Å². The zero-order chi connectivity index (χ0) is 18.2. The van der Waals surface area contributed by atoms with Gasteiger partial charge in [-0.05, 0) is 29.2 Å². The Bertz CT molecular complexity index is 794. The summed E-state index contributed by atoms with van der Waals surface area (Å²) in [5.41, 5.74) is 4.74. The Hall–Kier alpha value is -2.52. The summed E-state index contributed by atoms with van der Waals surface area (Å²) in [6, 6.07) is 28.4. The quantitative estimate of drug-likeness (QED) is 0.632. The lowest BCUT2D eigenvalue weighted by Crippen LogP contribution is -2.30. The van der Waals surface area contributed by atoms with Crippen molar-refractivity contribution < 1.29 is 4.79 Å². The van der Waals surface area contributed by atoms with E-state index in [1.807, 2.05) is 48.5 Å². The Labute approximate surface area is 159 Å². The van der Waals surface area contributed by atoms with Crippen LogP contribution in [0.4, 0.5) is 0 Å². The third kappa shape index (κ3) is 4.99. The molecule has 1 N–H and O–H groups in total. The molecule has 3 aromatic rings. The molecular weight excluding hydrogens is 338 g/mol. The molecular formula is C23H23NOS. The fraction of sp³-hybridized carbons (Fsp3) is 0.174. The molecule has 0 bridgehead atoms. The molecule has 0 spiro atoms. The maximum atomic E-state index is 12.5. The Morgan fingerprint density at radius 2 is 1.38 bits per heavy atom. The van der Waals surface area contributed by atoms with Crippen molar-refractivity contribution in [2.24, 2.45) is 0 Å². The first-order valence-electron chi connectivity index (χ1n) is 8.75. The van der Waals surface area contributed by atoms with E-state index in [4.69, 9.17) is 0 Å². The minimum absolute atomic E-state index is 0.0568. The predicted molar refractivity (Wildman–Crippen MR) is 110 cm³/mol. The van der Waals surface area contributed by atoms with Crippen LogP contribution in [-0.4, -0.2) is 11.7 Å². The number of hydrogen-bond acceptors (Lipinski definition) is 2. The second kappa shape index (κ2) is 9.25. The SMILES string of the molecule is Cc1ccccc1CSCC(=O)NC(c1ccccc1)c1ccccc1. The number of aryl methyl sites for hydroxylation is 1. The molecule has 132 valence electrons. The van der Waals surface area contributed by atoms with Gasteiger partial charge in [0.1, 0.15) is 0 Å². The number of thioether (sulfide) groups is 1. The van der Waals surface area contributed by atoms with Gasteiger partial charge in [0.05, 0.1) is 11.8 Å². The third-order valence-electron chi connectivity index (χ3n) is 4.32. The van der Waals surface area contributed by atoms with Crippen LogP contribution in [-0.2, 0) is 10.5 Å². The number of rotatable bonds is 7. The highest BCUT2D eigenvalue weighted by molar-refractivity contribution is 7.99. The number of hydrogen-bond donors (Lipinski definition) is 1. The van der Waals surface area contributed by atoms with Crippen molar-refractivity contribution in [3.63, 3.8) is 0 Å². The van der Waals surface area contributed by atoms with Crippen molar-refractivity contribution in [2.75, 3.05) is 5.75 Å². The van der Waals surface area contributed by atoms with Crippen molar-refractivity contribution in [2.45, 2.75) is 18.7 Å². The van der Waals surface area contributed by atoms with Gasteiger partial charge in [0.25, 0.3) is 0 Å². The average Bonchev–Trinajstić information content (AvgIpc) is 2.69. The molecule has 0 heterocycles. The second-order valence-electron chi connectivity index (χ2n) is 6.24. The van der Waals surface area contributed by atoms with Crippen molar-refractivity contribution in [1.82, 2.24) is 5.32 Å². The van der Waals surface area contributed by atoms with Crippen LogP contribution in [0.5, 0.6) is 0 Å². The van der Waals surface area contributed by atoms with E-state index in [-0.39, 0.29) is 11.9 Å². The summed E-state index contributed by atoms with van der Waals surface area (Å²) in [5.74, 6) is 1.35. The lowest BCUT2D eigenvalue weighted by molar-refractivity contribution is -0.119. The first kappa shape index (κ1) is 18.3. The maximum Gasteiger partial charge on any atom is 0.230 e. The number of nitrogens with one attached hydrogen (secondary N) is 1. The standard InChI is InChI=1S/C23H23NOS/c1-18-10-8-9-15-21(18)16-26-17-22(25)24-23(19-11-4-2-5-12-19)20-13-6-3-7-14-20/h2-15,23H,16-17H2,1H3,(H,24,25). The Morgan fingerprint density at radius 1 is 0.846 bits per heavy atom. The van der Waals surface area contributed by atoms with Crippen molar-refractivity contribution >= 4 is 17.7 Å². The molecule has 3 rings (SSSR count). The van der Waals surface area contributed by atoms with Crippen molar-refractivity contribution in [1.29, 1.82) is 0 Å². The Kier molecular flexibility index (Phi) is 6.50. The van der Waals surface area contributed by atoms with Crippen LogP contribution in [0.15, 0.2) is 84.9 Å². The molecule has 0 aromatic heterocycles. The van der Waals surface area contributed by atoms with Gasteiger partial charge in [-0.15, -0.1) is 11.8 Å². The summed E-state index contributed by atoms with van der Waals surface area (Å²) < 4.78 is 0. The van der Waals surface area contributed by atoms with Crippen LogP contribution in [0, 0.1) is 6.92 Å². The van der Waals surface area contributed by atoms with Crippen molar-refractivity contribution in [3.8, 4) is 0 Å². The van der Waals surface area contributed by atoms with Gasteiger partial charge in [-0.25, -0.2) is 0 Å². The first-order chi connectivity index (χ1) is 12.7. The predicted octanol–water partition coefficient (Wildman–Crippen LogP) is 5.13. The first-order valence-corrected chi connectivity index (χ1v) is 9.91. The highest BCUT2D eigenvalue weighted by atomic mass is 32.2. The van der Waals surface area contributed by atoms with E-state index in [0.29, 0.717) is 5.75 Å². The second-order valence-corrected chi connectivity index (χ2v) is 7.23. The van der Waals surface area contributed by atoms with Gasteiger partial charge >= 0.3 is 0 Å². The van der Waals surface area contributed by atoms with Crippen LogP contribution in [0.2, 0.25) is 0 Å². The normalized spacial score (nSPS) is 10.7. The number of benzene rings is 3. The molecule has 3 aromatic carbocycles. The van der Waals surface area contributed by atoms with Gasteiger partial charge in [0.15, 0.2) is 0 Å². The molecule has 0 saturated heterocycles. The van der Waals surface area contributed by atoms with Crippen LogP contribution >= 0.6 is 11.8 Å².